The van der Waals surface area contributed by atoms with Crippen molar-refractivity contribution in [3.05, 3.63) is 30.1 Å². The summed E-state index contributed by atoms with van der Waals surface area (Å²) in [4.78, 5) is 5.80. The van der Waals surface area contributed by atoms with Crippen LogP contribution in [0.15, 0.2) is 34.2 Å². The quantitative estimate of drug-likeness (QED) is 0.297. The first-order valence-electron chi connectivity index (χ1n) is 9.21. The van der Waals surface area contributed by atoms with Crippen LogP contribution in [0.1, 0.15) is 26.2 Å². The first-order valence-corrected chi connectivity index (χ1v) is 10.2. The van der Waals surface area contributed by atoms with Crippen LogP contribution < -0.4 is 10.6 Å². The van der Waals surface area contributed by atoms with Crippen LogP contribution in [0.4, 0.5) is 4.39 Å². The van der Waals surface area contributed by atoms with Gasteiger partial charge in [-0.1, -0.05) is 0 Å². The summed E-state index contributed by atoms with van der Waals surface area (Å²) >= 11 is 1.73. The van der Waals surface area contributed by atoms with E-state index in [9.17, 15) is 4.39 Å². The van der Waals surface area contributed by atoms with Crippen LogP contribution in [-0.2, 0) is 9.47 Å². The molecule has 0 saturated carbocycles. The number of thioether (sulfide) groups is 1. The fraction of sp³-hybridized carbons (Fsp3) is 0.632. The zero-order valence-electron chi connectivity index (χ0n) is 15.7. The molecule has 2 N–H and O–H groups in total. The number of hydrogen-bond donors (Lipinski definition) is 2. The number of ether oxygens (including phenoxy) is 2. The van der Waals surface area contributed by atoms with Crippen molar-refractivity contribution in [2.24, 2.45) is 4.99 Å². The Morgan fingerprint density at radius 3 is 2.65 bits per heavy atom. The Morgan fingerprint density at radius 2 is 2.00 bits per heavy atom. The molecule has 1 aliphatic heterocycles. The summed E-state index contributed by atoms with van der Waals surface area (Å²) in [6.07, 6.45) is 2.75. The van der Waals surface area contributed by atoms with E-state index in [4.69, 9.17) is 14.5 Å². The van der Waals surface area contributed by atoms with E-state index in [0.29, 0.717) is 6.54 Å². The largest absolute Gasteiger partial charge is 0.381 e. The Bertz CT molecular complexity index is 548. The molecule has 0 aromatic heterocycles. The van der Waals surface area contributed by atoms with Crippen molar-refractivity contribution >= 4 is 17.7 Å². The molecule has 1 heterocycles. The van der Waals surface area contributed by atoms with Crippen molar-refractivity contribution in [3.8, 4) is 0 Å². The molecule has 0 unspecified atom stereocenters. The van der Waals surface area contributed by atoms with Crippen molar-refractivity contribution in [2.45, 2.75) is 36.7 Å². The molecule has 1 aromatic carbocycles. The number of guanidine groups is 1. The van der Waals surface area contributed by atoms with Gasteiger partial charge in [0.15, 0.2) is 5.96 Å². The number of rotatable bonds is 9. The zero-order valence-corrected chi connectivity index (χ0v) is 16.5. The molecule has 0 spiro atoms. The molecular weight excluding hydrogens is 353 g/mol. The first-order chi connectivity index (χ1) is 12.7. The van der Waals surface area contributed by atoms with Gasteiger partial charge in [-0.25, -0.2) is 4.39 Å². The summed E-state index contributed by atoms with van der Waals surface area (Å²) in [5.41, 5.74) is -0.209. The number of halogens is 1. The molecule has 1 aliphatic rings. The second-order valence-corrected chi connectivity index (χ2v) is 7.45. The van der Waals surface area contributed by atoms with Crippen molar-refractivity contribution < 1.29 is 13.9 Å². The third-order valence-corrected chi connectivity index (χ3v) is 5.50. The fourth-order valence-electron chi connectivity index (χ4n) is 2.73. The first kappa shape index (κ1) is 21.0. The lowest BCUT2D eigenvalue weighted by molar-refractivity contribution is -0.0828. The number of aliphatic imine (C=N–C) groups is 1. The molecule has 146 valence electrons. The highest BCUT2D eigenvalue weighted by Gasteiger charge is 2.32. The average Bonchev–Trinajstić information content (AvgIpc) is 2.68. The molecule has 0 atom stereocenters. The van der Waals surface area contributed by atoms with E-state index in [1.165, 1.54) is 12.1 Å². The van der Waals surface area contributed by atoms with Gasteiger partial charge in [-0.2, -0.15) is 0 Å². The van der Waals surface area contributed by atoms with Crippen molar-refractivity contribution in [2.75, 3.05) is 45.7 Å². The minimum Gasteiger partial charge on any atom is -0.381 e. The molecule has 26 heavy (non-hydrogen) atoms. The van der Waals surface area contributed by atoms with E-state index in [-0.39, 0.29) is 11.4 Å². The topological polar surface area (TPSA) is 54.9 Å². The zero-order chi connectivity index (χ0) is 18.7. The van der Waals surface area contributed by atoms with Crippen LogP contribution >= 0.6 is 11.8 Å². The highest BCUT2D eigenvalue weighted by Crippen LogP contribution is 2.24. The Morgan fingerprint density at radius 1 is 1.27 bits per heavy atom. The lowest BCUT2D eigenvalue weighted by Gasteiger charge is -2.34. The van der Waals surface area contributed by atoms with Crippen LogP contribution in [0.25, 0.3) is 0 Å². The summed E-state index contributed by atoms with van der Waals surface area (Å²) < 4.78 is 24.1. The van der Waals surface area contributed by atoms with E-state index in [2.05, 4.69) is 17.6 Å². The summed E-state index contributed by atoms with van der Waals surface area (Å²) in [7, 11) is 1.76. The lowest BCUT2D eigenvalue weighted by Crippen LogP contribution is -2.44. The Balaban J connectivity index is 1.73. The van der Waals surface area contributed by atoms with Gasteiger partial charge < -0.3 is 20.1 Å². The minimum atomic E-state index is -0.209. The van der Waals surface area contributed by atoms with E-state index >= 15 is 0 Å². The van der Waals surface area contributed by atoms with Crippen LogP contribution in [0.2, 0.25) is 0 Å². The van der Waals surface area contributed by atoms with E-state index < -0.39 is 0 Å². The van der Waals surface area contributed by atoms with E-state index in [0.717, 1.165) is 62.2 Å². The molecule has 0 aliphatic carbocycles. The molecular formula is C19H30FN3O2S. The molecule has 1 fully saturated rings. The predicted molar refractivity (Wildman–Crippen MR) is 106 cm³/mol. The maximum atomic E-state index is 12.9. The number of benzene rings is 1. The highest BCUT2D eigenvalue weighted by atomic mass is 32.2. The Kier molecular flexibility index (Phi) is 9.22. The second-order valence-electron chi connectivity index (χ2n) is 6.28. The summed E-state index contributed by atoms with van der Waals surface area (Å²) in [6.45, 7) is 5.80. The van der Waals surface area contributed by atoms with Crippen molar-refractivity contribution in [3.63, 3.8) is 0 Å². The molecule has 7 heteroatoms. The second kappa shape index (κ2) is 11.4. The summed E-state index contributed by atoms with van der Waals surface area (Å²) in [6, 6.07) is 6.63. The average molecular weight is 384 g/mol. The molecule has 1 saturated heterocycles. The third kappa shape index (κ3) is 7.13. The van der Waals surface area contributed by atoms with Gasteiger partial charge in [-0.05, 0) is 43.4 Å². The van der Waals surface area contributed by atoms with Crippen LogP contribution in [0, 0.1) is 5.82 Å². The predicted octanol–water partition coefficient (Wildman–Crippen LogP) is 3.06. The van der Waals surface area contributed by atoms with Gasteiger partial charge in [0, 0.05) is 51.2 Å². The van der Waals surface area contributed by atoms with Gasteiger partial charge >= 0.3 is 0 Å². The molecule has 2 rings (SSSR count). The number of hydrogen-bond acceptors (Lipinski definition) is 4. The third-order valence-electron chi connectivity index (χ3n) is 4.40. The van der Waals surface area contributed by atoms with E-state index in [1.54, 1.807) is 18.9 Å². The van der Waals surface area contributed by atoms with Crippen LogP contribution in [0.5, 0.6) is 0 Å². The summed E-state index contributed by atoms with van der Waals surface area (Å²) in [5, 5.41) is 6.66. The molecule has 1 aromatic rings. The monoisotopic (exact) mass is 383 g/mol. The maximum absolute atomic E-state index is 12.9. The number of methoxy groups -OCH3 is 1. The number of nitrogens with zero attached hydrogens (tertiary/aromatic N) is 1. The molecule has 5 nitrogen and oxygen atoms in total. The van der Waals surface area contributed by atoms with Gasteiger partial charge in [-0.3, -0.25) is 4.99 Å². The standard InChI is InChI=1S/C19H30FN3O2S/c1-3-21-18(23-15-19(24-2)9-12-25-13-10-19)22-11-4-14-26-17-7-5-16(20)6-8-17/h5-8H,3-4,9-15H2,1-2H3,(H2,21,22,23). The molecule has 0 radical (unpaired) electrons. The van der Waals surface area contributed by atoms with Crippen molar-refractivity contribution in [1.82, 2.24) is 10.6 Å². The van der Waals surface area contributed by atoms with Gasteiger partial charge in [0.25, 0.3) is 0 Å². The van der Waals surface area contributed by atoms with Gasteiger partial charge in [0.05, 0.1) is 12.1 Å². The van der Waals surface area contributed by atoms with Crippen LogP contribution in [-0.4, -0.2) is 57.3 Å². The van der Waals surface area contributed by atoms with Gasteiger partial charge in [0.1, 0.15) is 5.82 Å². The smallest absolute Gasteiger partial charge is 0.191 e. The molecule has 0 amide bonds. The summed E-state index contributed by atoms with van der Waals surface area (Å²) in [5.74, 6) is 1.60. The van der Waals surface area contributed by atoms with Crippen molar-refractivity contribution in [1.29, 1.82) is 0 Å². The Hall–Kier alpha value is -1.31. The van der Waals surface area contributed by atoms with Gasteiger partial charge in [0.2, 0.25) is 0 Å². The number of nitrogens with one attached hydrogen (secondary N) is 2. The van der Waals surface area contributed by atoms with E-state index in [1.807, 2.05) is 12.1 Å². The molecule has 0 bridgehead atoms. The Labute approximate surface area is 160 Å². The lowest BCUT2D eigenvalue weighted by atomic mass is 9.94. The minimum absolute atomic E-state index is 0.194. The normalized spacial score (nSPS) is 17.1. The fourth-order valence-corrected chi connectivity index (χ4v) is 3.59. The SMILES string of the molecule is CCNC(=NCC1(OC)CCOCC1)NCCCSc1ccc(F)cc1. The van der Waals surface area contributed by atoms with Gasteiger partial charge in [-0.15, -0.1) is 11.8 Å². The van der Waals surface area contributed by atoms with Crippen LogP contribution in [0.3, 0.4) is 0 Å². The highest BCUT2D eigenvalue weighted by molar-refractivity contribution is 7.99. The maximum Gasteiger partial charge on any atom is 0.191 e.